The Morgan fingerprint density at radius 1 is 1.14 bits per heavy atom. The normalized spacial score (nSPS) is 19.2. The maximum absolute atomic E-state index is 12.6. The molecule has 1 unspecified atom stereocenters. The lowest BCUT2D eigenvalue weighted by atomic mass is 10.1. The van der Waals surface area contributed by atoms with Gasteiger partial charge < -0.3 is 14.4 Å². The van der Waals surface area contributed by atoms with Crippen LogP contribution in [-0.2, 0) is 20.7 Å². The zero-order valence-corrected chi connectivity index (χ0v) is 17.8. The van der Waals surface area contributed by atoms with Gasteiger partial charge in [0.1, 0.15) is 5.75 Å². The number of esters is 1. The zero-order valence-electron chi connectivity index (χ0n) is 17.8. The Kier molecular flexibility index (Phi) is 7.92. The van der Waals surface area contributed by atoms with E-state index < -0.39 is 0 Å². The predicted molar refractivity (Wildman–Crippen MR) is 112 cm³/mol. The van der Waals surface area contributed by atoms with Crippen molar-refractivity contribution >= 4 is 11.9 Å². The standard InChI is InChI=1S/C23H34N2O4/c1-18(16-23(27)28-2)24-12-14-25(15-13-24)22(26)11-10-19-6-5-9-21(17-19)29-20-7-3-4-8-20/h5-6,9,17-18,20H,3-4,7-8,10-16H2,1-2H3. The summed E-state index contributed by atoms with van der Waals surface area (Å²) in [6.07, 6.45) is 6.81. The number of piperazine rings is 1. The zero-order chi connectivity index (χ0) is 20.6. The van der Waals surface area contributed by atoms with Crippen LogP contribution in [-0.4, -0.2) is 67.1 Å². The maximum atomic E-state index is 12.6. The molecule has 1 atom stereocenters. The Balaban J connectivity index is 1.41. The average molecular weight is 403 g/mol. The molecule has 6 nitrogen and oxygen atoms in total. The van der Waals surface area contributed by atoms with E-state index in [0.29, 0.717) is 18.9 Å². The van der Waals surface area contributed by atoms with E-state index in [1.165, 1.54) is 20.0 Å². The van der Waals surface area contributed by atoms with Crippen LogP contribution >= 0.6 is 0 Å². The molecule has 6 heteroatoms. The lowest BCUT2D eigenvalue weighted by molar-refractivity contribution is -0.142. The topological polar surface area (TPSA) is 59.1 Å². The monoisotopic (exact) mass is 402 g/mol. The van der Waals surface area contributed by atoms with Gasteiger partial charge in [-0.1, -0.05) is 12.1 Å². The molecule has 1 amide bonds. The van der Waals surface area contributed by atoms with Gasteiger partial charge >= 0.3 is 5.97 Å². The fraction of sp³-hybridized carbons (Fsp3) is 0.652. The summed E-state index contributed by atoms with van der Waals surface area (Å²) in [5, 5.41) is 0. The summed E-state index contributed by atoms with van der Waals surface area (Å²) in [4.78, 5) is 28.3. The van der Waals surface area contributed by atoms with Crippen LogP contribution in [0, 0.1) is 0 Å². The fourth-order valence-corrected chi connectivity index (χ4v) is 4.25. The van der Waals surface area contributed by atoms with Crippen LogP contribution in [0.5, 0.6) is 5.75 Å². The summed E-state index contributed by atoms with van der Waals surface area (Å²) in [6, 6.07) is 8.32. The highest BCUT2D eigenvalue weighted by Crippen LogP contribution is 2.25. The number of methoxy groups -OCH3 is 1. The first-order valence-electron chi connectivity index (χ1n) is 10.9. The summed E-state index contributed by atoms with van der Waals surface area (Å²) >= 11 is 0. The van der Waals surface area contributed by atoms with E-state index >= 15 is 0 Å². The molecule has 2 aliphatic rings. The Morgan fingerprint density at radius 3 is 2.55 bits per heavy atom. The summed E-state index contributed by atoms with van der Waals surface area (Å²) < 4.78 is 10.8. The molecule has 3 rings (SSSR count). The predicted octanol–water partition coefficient (Wildman–Crippen LogP) is 3.04. The number of hydrogen-bond donors (Lipinski definition) is 0. The third-order valence-corrected chi connectivity index (χ3v) is 6.11. The number of ether oxygens (including phenoxy) is 2. The van der Waals surface area contributed by atoms with E-state index in [1.807, 2.05) is 24.0 Å². The first-order valence-corrected chi connectivity index (χ1v) is 10.9. The van der Waals surface area contributed by atoms with Gasteiger partial charge in [-0.05, 0) is 56.7 Å². The Hall–Kier alpha value is -2.08. The number of aryl methyl sites for hydroxylation is 1. The van der Waals surface area contributed by atoms with E-state index in [-0.39, 0.29) is 17.9 Å². The smallest absolute Gasteiger partial charge is 0.307 e. The Labute approximate surface area is 174 Å². The number of benzene rings is 1. The van der Waals surface area contributed by atoms with Crippen molar-refractivity contribution in [3.05, 3.63) is 29.8 Å². The van der Waals surface area contributed by atoms with E-state index in [9.17, 15) is 9.59 Å². The highest BCUT2D eigenvalue weighted by atomic mass is 16.5. The van der Waals surface area contributed by atoms with Gasteiger partial charge in [-0.3, -0.25) is 14.5 Å². The third-order valence-electron chi connectivity index (χ3n) is 6.11. The second-order valence-electron chi connectivity index (χ2n) is 8.22. The largest absolute Gasteiger partial charge is 0.490 e. The Bertz CT molecular complexity index is 679. The van der Waals surface area contributed by atoms with Crippen LogP contribution in [0.15, 0.2) is 24.3 Å². The minimum Gasteiger partial charge on any atom is -0.490 e. The Morgan fingerprint density at radius 2 is 1.86 bits per heavy atom. The molecule has 1 heterocycles. The molecule has 29 heavy (non-hydrogen) atoms. The highest BCUT2D eigenvalue weighted by Gasteiger charge is 2.25. The van der Waals surface area contributed by atoms with Gasteiger partial charge in [0.05, 0.1) is 19.6 Å². The molecule has 1 saturated carbocycles. The minimum atomic E-state index is -0.185. The molecule has 1 aromatic carbocycles. The van der Waals surface area contributed by atoms with Crippen LogP contribution in [0.2, 0.25) is 0 Å². The van der Waals surface area contributed by atoms with Gasteiger partial charge in [0.15, 0.2) is 0 Å². The van der Waals surface area contributed by atoms with Crippen molar-refractivity contribution in [3.63, 3.8) is 0 Å². The molecule has 1 aromatic rings. The van der Waals surface area contributed by atoms with Crippen molar-refractivity contribution in [3.8, 4) is 5.75 Å². The molecule has 160 valence electrons. The van der Waals surface area contributed by atoms with Gasteiger partial charge in [0.2, 0.25) is 5.91 Å². The summed E-state index contributed by atoms with van der Waals surface area (Å²) in [5.74, 6) is 0.942. The lowest BCUT2D eigenvalue weighted by Crippen LogP contribution is -2.51. The molecule has 0 spiro atoms. The number of hydrogen-bond acceptors (Lipinski definition) is 5. The number of amides is 1. The third kappa shape index (κ3) is 6.46. The summed E-state index contributed by atoms with van der Waals surface area (Å²) in [5.41, 5.74) is 1.15. The molecule has 2 fully saturated rings. The SMILES string of the molecule is COC(=O)CC(C)N1CCN(C(=O)CCc2cccc(OC3CCCC3)c2)CC1. The first kappa shape index (κ1) is 21.6. The second-order valence-corrected chi connectivity index (χ2v) is 8.22. The van der Waals surface area contributed by atoms with Crippen LogP contribution in [0.4, 0.5) is 0 Å². The van der Waals surface area contributed by atoms with Gasteiger partial charge in [-0.15, -0.1) is 0 Å². The molecule has 0 N–H and O–H groups in total. The summed E-state index contributed by atoms with van der Waals surface area (Å²) in [7, 11) is 1.42. The van der Waals surface area contributed by atoms with Crippen molar-refractivity contribution in [1.29, 1.82) is 0 Å². The van der Waals surface area contributed by atoms with Gasteiger partial charge in [0, 0.05) is 38.6 Å². The van der Waals surface area contributed by atoms with Crippen LogP contribution < -0.4 is 4.74 Å². The average Bonchev–Trinajstić information content (AvgIpc) is 3.25. The lowest BCUT2D eigenvalue weighted by Gasteiger charge is -2.37. The van der Waals surface area contributed by atoms with E-state index in [0.717, 1.165) is 56.8 Å². The van der Waals surface area contributed by atoms with Gasteiger partial charge in [0.25, 0.3) is 0 Å². The van der Waals surface area contributed by atoms with Gasteiger partial charge in [-0.25, -0.2) is 0 Å². The molecular weight excluding hydrogens is 368 g/mol. The number of carbonyl (C=O) groups is 2. The molecule has 1 aliphatic heterocycles. The van der Waals surface area contributed by atoms with Crippen LogP contribution in [0.3, 0.4) is 0 Å². The number of rotatable bonds is 8. The maximum Gasteiger partial charge on any atom is 0.307 e. The number of nitrogens with zero attached hydrogens (tertiary/aromatic N) is 2. The van der Waals surface area contributed by atoms with Gasteiger partial charge in [-0.2, -0.15) is 0 Å². The molecule has 1 saturated heterocycles. The molecular formula is C23H34N2O4. The summed E-state index contributed by atoms with van der Waals surface area (Å²) in [6.45, 7) is 5.07. The van der Waals surface area contributed by atoms with Crippen molar-refractivity contribution < 1.29 is 19.1 Å². The van der Waals surface area contributed by atoms with E-state index in [4.69, 9.17) is 9.47 Å². The van der Waals surface area contributed by atoms with E-state index in [2.05, 4.69) is 17.0 Å². The van der Waals surface area contributed by atoms with Crippen molar-refractivity contribution in [2.24, 2.45) is 0 Å². The molecule has 0 bridgehead atoms. The fourth-order valence-electron chi connectivity index (χ4n) is 4.25. The molecule has 0 radical (unpaired) electrons. The van der Waals surface area contributed by atoms with Crippen molar-refractivity contribution in [1.82, 2.24) is 9.80 Å². The van der Waals surface area contributed by atoms with Crippen LogP contribution in [0.1, 0.15) is 51.0 Å². The minimum absolute atomic E-state index is 0.141. The molecule has 1 aliphatic carbocycles. The van der Waals surface area contributed by atoms with E-state index in [1.54, 1.807) is 0 Å². The molecule has 0 aromatic heterocycles. The highest BCUT2D eigenvalue weighted by molar-refractivity contribution is 5.76. The number of carbonyl (C=O) groups excluding carboxylic acids is 2. The van der Waals surface area contributed by atoms with Crippen molar-refractivity contribution in [2.45, 2.75) is 64.0 Å². The quantitative estimate of drug-likeness (QED) is 0.626. The van der Waals surface area contributed by atoms with Crippen molar-refractivity contribution in [2.75, 3.05) is 33.3 Å². The second kappa shape index (κ2) is 10.6. The van der Waals surface area contributed by atoms with Crippen LogP contribution in [0.25, 0.3) is 0 Å². The first-order chi connectivity index (χ1) is 14.0.